The molecule has 2 N–H and O–H groups in total. The van der Waals surface area contributed by atoms with Crippen LogP contribution in [-0.2, 0) is 22.6 Å². The molecule has 190 valence electrons. The second-order valence-electron chi connectivity index (χ2n) is 7.61. The number of benzene rings is 2. The van der Waals surface area contributed by atoms with Gasteiger partial charge in [0.25, 0.3) is 5.91 Å². The molecule has 2 amide bonds. The van der Waals surface area contributed by atoms with E-state index in [2.05, 4.69) is 20.8 Å². The van der Waals surface area contributed by atoms with Crippen molar-refractivity contribution in [2.24, 2.45) is 0 Å². The lowest BCUT2D eigenvalue weighted by molar-refractivity contribution is -0.113. The summed E-state index contributed by atoms with van der Waals surface area (Å²) in [5, 5.41) is 14.5. The average molecular weight is 512 g/mol. The summed E-state index contributed by atoms with van der Waals surface area (Å²) >= 11 is 1.24. The Balaban J connectivity index is 1.54. The lowest BCUT2D eigenvalue weighted by Gasteiger charge is -2.09. The van der Waals surface area contributed by atoms with Crippen LogP contribution in [0.3, 0.4) is 0 Å². The fourth-order valence-electron chi connectivity index (χ4n) is 3.21. The standard InChI is InChI=1S/C25H29N5O5S/c1-4-13-35-24(33)18-7-6-8-19(14-18)27-22(31)16-36-25-29-28-21(30(25)5-2)15-26-23(32)17-9-11-20(34-3)12-10-17/h6-12,14H,4-5,13,15-16H2,1-3H3,(H,26,32)(H,27,31). The minimum absolute atomic E-state index is 0.0981. The Kier molecular flexibility index (Phi) is 9.87. The molecule has 0 aliphatic heterocycles. The van der Waals surface area contributed by atoms with Gasteiger partial charge >= 0.3 is 5.97 Å². The second-order valence-corrected chi connectivity index (χ2v) is 8.55. The molecule has 0 saturated carbocycles. The van der Waals surface area contributed by atoms with Gasteiger partial charge in [0.15, 0.2) is 11.0 Å². The summed E-state index contributed by atoms with van der Waals surface area (Å²) in [6.45, 7) is 4.97. The molecule has 0 unspecified atom stereocenters. The molecule has 0 atom stereocenters. The molecular formula is C25H29N5O5S. The zero-order valence-electron chi connectivity index (χ0n) is 20.4. The van der Waals surface area contributed by atoms with Crippen molar-refractivity contribution in [3.05, 3.63) is 65.5 Å². The van der Waals surface area contributed by atoms with E-state index < -0.39 is 5.97 Å². The highest BCUT2D eigenvalue weighted by atomic mass is 32.2. The predicted molar refractivity (Wildman–Crippen MR) is 136 cm³/mol. The van der Waals surface area contributed by atoms with Crippen molar-refractivity contribution in [2.45, 2.75) is 38.5 Å². The number of thioether (sulfide) groups is 1. The van der Waals surface area contributed by atoms with E-state index in [4.69, 9.17) is 9.47 Å². The van der Waals surface area contributed by atoms with E-state index in [1.807, 2.05) is 18.4 Å². The first kappa shape index (κ1) is 26.7. The van der Waals surface area contributed by atoms with Gasteiger partial charge in [-0.2, -0.15) is 0 Å². The first-order chi connectivity index (χ1) is 17.4. The molecule has 0 aliphatic carbocycles. The molecule has 0 radical (unpaired) electrons. The molecule has 1 aromatic heterocycles. The minimum Gasteiger partial charge on any atom is -0.497 e. The molecule has 36 heavy (non-hydrogen) atoms. The average Bonchev–Trinajstić information content (AvgIpc) is 3.31. The van der Waals surface area contributed by atoms with Gasteiger partial charge < -0.3 is 24.7 Å². The molecule has 0 spiro atoms. The number of aromatic nitrogens is 3. The third kappa shape index (κ3) is 7.32. The first-order valence-corrected chi connectivity index (χ1v) is 12.5. The van der Waals surface area contributed by atoms with Crippen molar-refractivity contribution in [1.29, 1.82) is 0 Å². The number of hydrogen-bond acceptors (Lipinski definition) is 8. The van der Waals surface area contributed by atoms with E-state index in [1.165, 1.54) is 11.8 Å². The monoisotopic (exact) mass is 511 g/mol. The summed E-state index contributed by atoms with van der Waals surface area (Å²) in [5.74, 6) is 0.438. The van der Waals surface area contributed by atoms with Gasteiger partial charge in [-0.1, -0.05) is 24.8 Å². The normalized spacial score (nSPS) is 10.5. The zero-order chi connectivity index (χ0) is 25.9. The number of rotatable bonds is 12. The summed E-state index contributed by atoms with van der Waals surface area (Å²) in [6, 6.07) is 13.4. The minimum atomic E-state index is -0.426. The van der Waals surface area contributed by atoms with Crippen molar-refractivity contribution in [3.8, 4) is 5.75 Å². The number of nitrogens with zero attached hydrogens (tertiary/aromatic N) is 3. The van der Waals surface area contributed by atoms with Crippen LogP contribution in [0.5, 0.6) is 5.75 Å². The van der Waals surface area contributed by atoms with Crippen LogP contribution in [0.2, 0.25) is 0 Å². The lowest BCUT2D eigenvalue weighted by atomic mass is 10.2. The molecule has 0 saturated heterocycles. The van der Waals surface area contributed by atoms with Gasteiger partial charge in [-0.25, -0.2) is 4.79 Å². The Morgan fingerprint density at radius 3 is 2.50 bits per heavy atom. The smallest absolute Gasteiger partial charge is 0.338 e. The molecule has 11 heteroatoms. The van der Waals surface area contributed by atoms with Gasteiger partial charge in [-0.15, -0.1) is 10.2 Å². The summed E-state index contributed by atoms with van der Waals surface area (Å²) < 4.78 is 12.1. The highest BCUT2D eigenvalue weighted by Crippen LogP contribution is 2.19. The third-order valence-electron chi connectivity index (χ3n) is 5.02. The van der Waals surface area contributed by atoms with E-state index in [1.54, 1.807) is 55.6 Å². The number of amides is 2. The Bertz CT molecular complexity index is 1200. The van der Waals surface area contributed by atoms with Crippen molar-refractivity contribution < 1.29 is 23.9 Å². The van der Waals surface area contributed by atoms with Crippen molar-refractivity contribution in [3.63, 3.8) is 0 Å². The largest absolute Gasteiger partial charge is 0.497 e. The Labute approximate surface area is 213 Å². The van der Waals surface area contributed by atoms with E-state index in [0.29, 0.717) is 46.7 Å². The number of hydrogen-bond donors (Lipinski definition) is 2. The molecule has 1 heterocycles. The number of nitrogens with one attached hydrogen (secondary N) is 2. The maximum Gasteiger partial charge on any atom is 0.338 e. The van der Waals surface area contributed by atoms with Crippen LogP contribution in [0.4, 0.5) is 5.69 Å². The topological polar surface area (TPSA) is 124 Å². The summed E-state index contributed by atoms with van der Waals surface area (Å²) in [5.41, 5.74) is 1.39. The number of anilines is 1. The molecule has 2 aromatic carbocycles. The molecular weight excluding hydrogens is 482 g/mol. The third-order valence-corrected chi connectivity index (χ3v) is 5.99. The van der Waals surface area contributed by atoms with Gasteiger partial charge in [-0.05, 0) is 55.8 Å². The zero-order valence-corrected chi connectivity index (χ0v) is 21.3. The molecule has 10 nitrogen and oxygen atoms in total. The van der Waals surface area contributed by atoms with Crippen molar-refractivity contribution in [2.75, 3.05) is 24.8 Å². The fourth-order valence-corrected chi connectivity index (χ4v) is 4.03. The van der Waals surface area contributed by atoms with Crippen LogP contribution in [0.15, 0.2) is 53.7 Å². The van der Waals surface area contributed by atoms with E-state index in [-0.39, 0.29) is 24.1 Å². The van der Waals surface area contributed by atoms with Gasteiger partial charge in [0, 0.05) is 17.8 Å². The number of esters is 1. The van der Waals surface area contributed by atoms with E-state index >= 15 is 0 Å². The maximum atomic E-state index is 12.5. The van der Waals surface area contributed by atoms with E-state index in [0.717, 1.165) is 6.42 Å². The molecule has 0 aliphatic rings. The SMILES string of the molecule is CCCOC(=O)c1cccc(NC(=O)CSc2nnc(CNC(=O)c3ccc(OC)cc3)n2CC)c1. The summed E-state index contributed by atoms with van der Waals surface area (Å²) in [4.78, 5) is 37.0. The Morgan fingerprint density at radius 2 is 1.81 bits per heavy atom. The van der Waals surface area contributed by atoms with Crippen LogP contribution in [0.25, 0.3) is 0 Å². The van der Waals surface area contributed by atoms with Crippen molar-refractivity contribution >= 4 is 35.2 Å². The number of carbonyl (C=O) groups is 3. The van der Waals surface area contributed by atoms with Crippen LogP contribution in [0.1, 0.15) is 46.8 Å². The molecule has 3 rings (SSSR count). The molecule has 3 aromatic rings. The lowest BCUT2D eigenvalue weighted by Crippen LogP contribution is -2.24. The van der Waals surface area contributed by atoms with Crippen LogP contribution in [0, 0.1) is 0 Å². The molecule has 0 fully saturated rings. The quantitative estimate of drug-likeness (QED) is 0.280. The van der Waals surface area contributed by atoms with Gasteiger partial charge in [-0.3, -0.25) is 9.59 Å². The van der Waals surface area contributed by atoms with Crippen LogP contribution in [-0.4, -0.2) is 52.0 Å². The summed E-state index contributed by atoms with van der Waals surface area (Å²) in [6.07, 6.45) is 0.735. The maximum absolute atomic E-state index is 12.5. The van der Waals surface area contributed by atoms with Gasteiger partial charge in [0.2, 0.25) is 5.91 Å². The van der Waals surface area contributed by atoms with Crippen molar-refractivity contribution in [1.82, 2.24) is 20.1 Å². The number of carbonyl (C=O) groups excluding carboxylic acids is 3. The number of methoxy groups -OCH3 is 1. The van der Waals surface area contributed by atoms with Gasteiger partial charge in [0.1, 0.15) is 5.75 Å². The highest BCUT2D eigenvalue weighted by molar-refractivity contribution is 7.99. The van der Waals surface area contributed by atoms with Crippen LogP contribution < -0.4 is 15.4 Å². The fraction of sp³-hybridized carbons (Fsp3) is 0.320. The van der Waals surface area contributed by atoms with Crippen LogP contribution >= 0.6 is 11.8 Å². The second kappa shape index (κ2) is 13.3. The Morgan fingerprint density at radius 1 is 1.03 bits per heavy atom. The van der Waals surface area contributed by atoms with E-state index in [9.17, 15) is 14.4 Å². The summed E-state index contributed by atoms with van der Waals surface area (Å²) in [7, 11) is 1.57. The first-order valence-electron chi connectivity index (χ1n) is 11.5. The molecule has 0 bridgehead atoms. The Hall–Kier alpha value is -3.86. The van der Waals surface area contributed by atoms with Gasteiger partial charge in [0.05, 0.1) is 31.6 Å². The predicted octanol–water partition coefficient (Wildman–Crippen LogP) is 3.53. The number of ether oxygens (including phenoxy) is 2. The highest BCUT2D eigenvalue weighted by Gasteiger charge is 2.15.